The van der Waals surface area contributed by atoms with Crippen LogP contribution in [0.15, 0.2) is 18.2 Å². The first kappa shape index (κ1) is 13.3. The second kappa shape index (κ2) is 5.69. The van der Waals surface area contributed by atoms with Crippen LogP contribution in [0.25, 0.3) is 0 Å². The number of non-ortho nitro benzene ring substituents is 1. The van der Waals surface area contributed by atoms with E-state index in [1.165, 1.54) is 32.0 Å². The molecule has 1 aromatic carbocycles. The van der Waals surface area contributed by atoms with Crippen LogP contribution >= 0.6 is 0 Å². The predicted octanol–water partition coefficient (Wildman–Crippen LogP) is 2.17. The van der Waals surface area contributed by atoms with Gasteiger partial charge < -0.3 is 10.6 Å². The molecule has 1 aliphatic rings. The molecule has 1 amide bonds. The summed E-state index contributed by atoms with van der Waals surface area (Å²) in [7, 11) is 1.51. The van der Waals surface area contributed by atoms with Crippen molar-refractivity contribution < 1.29 is 9.72 Å². The lowest BCUT2D eigenvalue weighted by atomic mass is 10.1. The topological polar surface area (TPSA) is 84.3 Å². The molecule has 0 spiro atoms. The lowest BCUT2D eigenvalue weighted by Crippen LogP contribution is -2.20. The quantitative estimate of drug-likeness (QED) is 0.608. The van der Waals surface area contributed by atoms with Gasteiger partial charge in [-0.15, -0.1) is 0 Å². The molecule has 1 aromatic rings. The van der Waals surface area contributed by atoms with E-state index in [1.54, 1.807) is 6.07 Å². The summed E-state index contributed by atoms with van der Waals surface area (Å²) in [6, 6.07) is 4.31. The Morgan fingerprint density at radius 2 is 2.21 bits per heavy atom. The van der Waals surface area contributed by atoms with Crippen molar-refractivity contribution in [2.45, 2.75) is 19.3 Å². The Kier molecular flexibility index (Phi) is 3.99. The molecule has 6 heteroatoms. The number of carbonyl (C=O) groups excluding carboxylic acids is 1. The number of hydrogen-bond acceptors (Lipinski definition) is 4. The highest BCUT2D eigenvalue weighted by molar-refractivity contribution is 6.00. The number of benzene rings is 1. The number of hydrogen-bond donors (Lipinski definition) is 2. The first-order valence-corrected chi connectivity index (χ1v) is 6.36. The van der Waals surface area contributed by atoms with E-state index in [4.69, 9.17) is 0 Å². The third-order valence-electron chi connectivity index (χ3n) is 3.25. The van der Waals surface area contributed by atoms with E-state index in [0.29, 0.717) is 11.3 Å². The zero-order valence-electron chi connectivity index (χ0n) is 10.8. The summed E-state index contributed by atoms with van der Waals surface area (Å²) in [5, 5.41) is 16.4. The molecule has 102 valence electrons. The normalized spacial score (nSPS) is 13.9. The molecule has 0 atom stereocenters. The molecule has 19 heavy (non-hydrogen) atoms. The van der Waals surface area contributed by atoms with E-state index >= 15 is 0 Å². The second-order valence-electron chi connectivity index (χ2n) is 4.72. The fourth-order valence-electron chi connectivity index (χ4n) is 1.94. The molecule has 1 fully saturated rings. The van der Waals surface area contributed by atoms with Gasteiger partial charge in [0.25, 0.3) is 11.6 Å². The maximum atomic E-state index is 11.7. The Morgan fingerprint density at radius 3 is 2.79 bits per heavy atom. The van der Waals surface area contributed by atoms with Crippen LogP contribution in [0.4, 0.5) is 11.4 Å². The lowest BCUT2D eigenvalue weighted by molar-refractivity contribution is -0.384. The van der Waals surface area contributed by atoms with Gasteiger partial charge in [-0.2, -0.15) is 0 Å². The highest BCUT2D eigenvalue weighted by atomic mass is 16.6. The molecule has 0 heterocycles. The molecule has 2 N–H and O–H groups in total. The van der Waals surface area contributed by atoms with Crippen LogP contribution in [0, 0.1) is 16.0 Å². The van der Waals surface area contributed by atoms with Gasteiger partial charge in [0.1, 0.15) is 0 Å². The van der Waals surface area contributed by atoms with Crippen LogP contribution in [-0.2, 0) is 0 Å². The van der Waals surface area contributed by atoms with Gasteiger partial charge in [0.05, 0.1) is 10.5 Å². The predicted molar refractivity (Wildman–Crippen MR) is 72.3 cm³/mol. The lowest BCUT2D eigenvalue weighted by Gasteiger charge is -2.10. The Labute approximate surface area is 111 Å². The minimum Gasteiger partial charge on any atom is -0.384 e. The fourth-order valence-corrected chi connectivity index (χ4v) is 1.94. The molecule has 0 saturated heterocycles. The summed E-state index contributed by atoms with van der Waals surface area (Å²) in [6.45, 7) is 0.784. The highest BCUT2D eigenvalue weighted by Crippen LogP contribution is 2.32. The molecular weight excluding hydrogens is 246 g/mol. The average Bonchev–Trinajstić information content (AvgIpc) is 3.22. The van der Waals surface area contributed by atoms with Crippen molar-refractivity contribution in [1.29, 1.82) is 0 Å². The van der Waals surface area contributed by atoms with E-state index in [-0.39, 0.29) is 11.6 Å². The third kappa shape index (κ3) is 3.43. The first-order chi connectivity index (χ1) is 9.11. The van der Waals surface area contributed by atoms with Gasteiger partial charge in [-0.05, 0) is 18.4 Å². The number of nitrogens with zero attached hydrogens (tertiary/aromatic N) is 1. The molecule has 0 aromatic heterocycles. The van der Waals surface area contributed by atoms with Crippen LogP contribution in [-0.4, -0.2) is 24.4 Å². The van der Waals surface area contributed by atoms with Crippen LogP contribution in [0.3, 0.4) is 0 Å². The summed E-state index contributed by atoms with van der Waals surface area (Å²) < 4.78 is 0. The van der Waals surface area contributed by atoms with E-state index in [1.807, 2.05) is 0 Å². The number of rotatable bonds is 6. The molecule has 2 rings (SSSR count). The van der Waals surface area contributed by atoms with Gasteiger partial charge in [0, 0.05) is 31.4 Å². The molecule has 6 nitrogen and oxygen atoms in total. The Balaban J connectivity index is 2.14. The third-order valence-corrected chi connectivity index (χ3v) is 3.25. The van der Waals surface area contributed by atoms with Gasteiger partial charge in [0.2, 0.25) is 0 Å². The molecule has 0 bridgehead atoms. The largest absolute Gasteiger partial charge is 0.384 e. The maximum Gasteiger partial charge on any atom is 0.270 e. The standard InChI is InChI=1S/C13H17N3O3/c1-14-13(17)11-8-10(16(18)19)4-5-12(11)15-7-6-9-2-3-9/h4-5,8-9,15H,2-3,6-7H2,1H3,(H,14,17). The monoisotopic (exact) mass is 263 g/mol. The number of nitro benzene ring substituents is 1. The van der Waals surface area contributed by atoms with Gasteiger partial charge in [0.15, 0.2) is 0 Å². The minimum atomic E-state index is -0.500. The summed E-state index contributed by atoms with van der Waals surface area (Å²) in [4.78, 5) is 22.0. The Bertz CT molecular complexity index is 498. The molecule has 0 unspecified atom stereocenters. The van der Waals surface area contributed by atoms with Crippen molar-refractivity contribution in [3.8, 4) is 0 Å². The molecule has 0 aliphatic heterocycles. The number of nitro groups is 1. The van der Waals surface area contributed by atoms with E-state index in [9.17, 15) is 14.9 Å². The summed E-state index contributed by atoms with van der Waals surface area (Å²) in [5.41, 5.74) is 0.879. The average molecular weight is 263 g/mol. The summed E-state index contributed by atoms with van der Waals surface area (Å²) >= 11 is 0. The van der Waals surface area contributed by atoms with Crippen LogP contribution < -0.4 is 10.6 Å². The van der Waals surface area contributed by atoms with Crippen molar-refractivity contribution in [2.24, 2.45) is 5.92 Å². The SMILES string of the molecule is CNC(=O)c1cc([N+](=O)[O-])ccc1NCCC1CC1. The van der Waals surface area contributed by atoms with Crippen LogP contribution in [0.5, 0.6) is 0 Å². The molecular formula is C13H17N3O3. The van der Waals surface area contributed by atoms with Gasteiger partial charge in [-0.25, -0.2) is 0 Å². The Hall–Kier alpha value is -2.11. The zero-order valence-corrected chi connectivity index (χ0v) is 10.8. The minimum absolute atomic E-state index is 0.0775. The second-order valence-corrected chi connectivity index (χ2v) is 4.72. The molecule has 1 aliphatic carbocycles. The van der Waals surface area contributed by atoms with Gasteiger partial charge in [-0.1, -0.05) is 12.8 Å². The van der Waals surface area contributed by atoms with E-state index < -0.39 is 4.92 Å². The van der Waals surface area contributed by atoms with E-state index in [2.05, 4.69) is 10.6 Å². The fraction of sp³-hybridized carbons (Fsp3) is 0.462. The smallest absolute Gasteiger partial charge is 0.270 e. The number of nitrogens with one attached hydrogen (secondary N) is 2. The van der Waals surface area contributed by atoms with Crippen LogP contribution in [0.2, 0.25) is 0 Å². The Morgan fingerprint density at radius 1 is 1.47 bits per heavy atom. The van der Waals surface area contributed by atoms with Gasteiger partial charge in [-0.3, -0.25) is 14.9 Å². The summed E-state index contributed by atoms with van der Waals surface area (Å²) in [6.07, 6.45) is 3.64. The van der Waals surface area contributed by atoms with Crippen LogP contribution in [0.1, 0.15) is 29.6 Å². The molecule has 1 saturated carbocycles. The first-order valence-electron chi connectivity index (χ1n) is 6.36. The highest BCUT2D eigenvalue weighted by Gasteiger charge is 2.21. The van der Waals surface area contributed by atoms with Gasteiger partial charge >= 0.3 is 0 Å². The van der Waals surface area contributed by atoms with Crippen molar-refractivity contribution in [2.75, 3.05) is 18.9 Å². The number of amides is 1. The number of carbonyl (C=O) groups is 1. The van der Waals surface area contributed by atoms with Crippen molar-refractivity contribution in [3.05, 3.63) is 33.9 Å². The molecule has 0 radical (unpaired) electrons. The van der Waals surface area contributed by atoms with Crippen molar-refractivity contribution >= 4 is 17.3 Å². The maximum absolute atomic E-state index is 11.7. The van der Waals surface area contributed by atoms with Crippen molar-refractivity contribution in [1.82, 2.24) is 5.32 Å². The zero-order chi connectivity index (χ0) is 13.8. The number of anilines is 1. The summed E-state index contributed by atoms with van der Waals surface area (Å²) in [5.74, 6) is 0.478. The van der Waals surface area contributed by atoms with E-state index in [0.717, 1.165) is 18.9 Å². The van der Waals surface area contributed by atoms with Crippen molar-refractivity contribution in [3.63, 3.8) is 0 Å².